The van der Waals surface area contributed by atoms with Crippen LogP contribution in [-0.4, -0.2) is 30.6 Å². The smallest absolute Gasteiger partial charge is 0.328 e. The van der Waals surface area contributed by atoms with Crippen molar-refractivity contribution in [2.24, 2.45) is 5.73 Å². The van der Waals surface area contributed by atoms with Crippen LogP contribution in [0.4, 0.5) is 0 Å². The number of carbonyl (C=O) groups excluding carboxylic acids is 2. The quantitative estimate of drug-likeness (QED) is 0.761. The van der Waals surface area contributed by atoms with Gasteiger partial charge in [-0.2, -0.15) is 0 Å². The van der Waals surface area contributed by atoms with Gasteiger partial charge in [0, 0.05) is 0 Å². The van der Waals surface area contributed by atoms with Crippen LogP contribution in [0.25, 0.3) is 0 Å². The molecule has 1 rings (SSSR count). The lowest BCUT2D eigenvalue weighted by Crippen LogP contribution is -2.58. The Bertz CT molecular complexity index is 461. The first-order valence-electron chi connectivity index (χ1n) is 6.64. The number of hydrogen-bond donors (Lipinski definition) is 2. The maximum absolute atomic E-state index is 12.3. The molecule has 0 saturated heterocycles. The van der Waals surface area contributed by atoms with Crippen molar-refractivity contribution in [2.45, 2.75) is 38.3 Å². The van der Waals surface area contributed by atoms with Gasteiger partial charge in [0.15, 0.2) is 0 Å². The van der Waals surface area contributed by atoms with Crippen molar-refractivity contribution in [1.29, 1.82) is 0 Å². The number of benzene rings is 1. The van der Waals surface area contributed by atoms with Crippen molar-refractivity contribution >= 4 is 11.9 Å². The number of hydrogen-bond acceptors (Lipinski definition) is 4. The predicted octanol–water partition coefficient (Wildman–Crippen LogP) is 1.01. The summed E-state index contributed by atoms with van der Waals surface area (Å²) in [5.74, 6) is -0.835. The van der Waals surface area contributed by atoms with E-state index < -0.39 is 17.6 Å². The lowest BCUT2D eigenvalue weighted by Gasteiger charge is -2.28. The summed E-state index contributed by atoms with van der Waals surface area (Å²) in [5, 5.41) is 2.60. The number of rotatable bonds is 6. The molecular weight excluding hydrogens is 256 g/mol. The molecule has 0 fully saturated rings. The van der Waals surface area contributed by atoms with E-state index in [4.69, 9.17) is 5.73 Å². The number of amides is 1. The molecule has 1 aromatic carbocycles. The maximum atomic E-state index is 12.3. The molecule has 5 heteroatoms. The molecule has 0 aromatic heterocycles. The molecule has 5 nitrogen and oxygen atoms in total. The number of ether oxygens (including phenoxy) is 1. The zero-order valence-corrected chi connectivity index (χ0v) is 12.2. The molecule has 0 aliphatic carbocycles. The number of nitrogens with one attached hydrogen (secondary N) is 1. The highest BCUT2D eigenvalue weighted by Crippen LogP contribution is 2.15. The summed E-state index contributed by atoms with van der Waals surface area (Å²) in [6, 6.07) is 8.86. The summed E-state index contributed by atoms with van der Waals surface area (Å²) in [5.41, 5.74) is 6.14. The van der Waals surface area contributed by atoms with Crippen LogP contribution < -0.4 is 11.1 Å². The van der Waals surface area contributed by atoms with Crippen molar-refractivity contribution in [3.63, 3.8) is 0 Å². The van der Waals surface area contributed by atoms with Crippen LogP contribution in [0.2, 0.25) is 0 Å². The van der Waals surface area contributed by atoms with Gasteiger partial charge in [-0.15, -0.1) is 0 Å². The van der Waals surface area contributed by atoms with Gasteiger partial charge >= 0.3 is 5.97 Å². The van der Waals surface area contributed by atoms with E-state index in [1.165, 1.54) is 7.11 Å². The summed E-state index contributed by atoms with van der Waals surface area (Å²) in [6.45, 7) is 3.42. The molecule has 0 saturated carbocycles. The Balaban J connectivity index is 2.77. The minimum Gasteiger partial charge on any atom is -0.467 e. The third kappa shape index (κ3) is 4.06. The Labute approximate surface area is 119 Å². The van der Waals surface area contributed by atoms with E-state index in [2.05, 4.69) is 10.1 Å². The Morgan fingerprint density at radius 1 is 1.35 bits per heavy atom. The summed E-state index contributed by atoms with van der Waals surface area (Å²) in [7, 11) is 1.28. The van der Waals surface area contributed by atoms with Crippen LogP contribution in [-0.2, 0) is 20.7 Å². The van der Waals surface area contributed by atoms with Gasteiger partial charge in [-0.1, -0.05) is 37.3 Å². The maximum Gasteiger partial charge on any atom is 0.328 e. The van der Waals surface area contributed by atoms with Crippen LogP contribution in [0.1, 0.15) is 25.8 Å². The number of esters is 1. The third-order valence-corrected chi connectivity index (χ3v) is 3.35. The highest BCUT2D eigenvalue weighted by atomic mass is 16.5. The van der Waals surface area contributed by atoms with Crippen LogP contribution in [0.5, 0.6) is 0 Å². The Hall–Kier alpha value is -1.88. The van der Waals surface area contributed by atoms with E-state index >= 15 is 0 Å². The zero-order valence-electron chi connectivity index (χ0n) is 12.2. The monoisotopic (exact) mass is 278 g/mol. The van der Waals surface area contributed by atoms with Crippen molar-refractivity contribution in [1.82, 2.24) is 5.32 Å². The largest absolute Gasteiger partial charge is 0.467 e. The van der Waals surface area contributed by atoms with Gasteiger partial charge in [-0.05, 0) is 25.3 Å². The van der Waals surface area contributed by atoms with E-state index in [9.17, 15) is 9.59 Å². The first kappa shape index (κ1) is 16.2. The van der Waals surface area contributed by atoms with Gasteiger partial charge in [0.25, 0.3) is 0 Å². The van der Waals surface area contributed by atoms with Crippen molar-refractivity contribution in [2.75, 3.05) is 7.11 Å². The summed E-state index contributed by atoms with van der Waals surface area (Å²) in [6.07, 6.45) is 0.895. The Kier molecular flexibility index (Phi) is 5.70. The lowest BCUT2D eigenvalue weighted by molar-refractivity contribution is -0.145. The second-order valence-corrected chi connectivity index (χ2v) is 4.89. The van der Waals surface area contributed by atoms with E-state index in [1.54, 1.807) is 6.92 Å². The first-order valence-corrected chi connectivity index (χ1v) is 6.64. The highest BCUT2D eigenvalue weighted by molar-refractivity contribution is 5.90. The zero-order chi connectivity index (χ0) is 15.2. The van der Waals surface area contributed by atoms with Gasteiger partial charge in [0.05, 0.1) is 12.6 Å². The Morgan fingerprint density at radius 2 is 1.95 bits per heavy atom. The van der Waals surface area contributed by atoms with E-state index in [-0.39, 0.29) is 5.91 Å². The van der Waals surface area contributed by atoms with Gasteiger partial charge in [-0.3, -0.25) is 4.79 Å². The minimum absolute atomic E-state index is 0.346. The average molecular weight is 278 g/mol. The van der Waals surface area contributed by atoms with Gasteiger partial charge in [0.2, 0.25) is 5.91 Å². The fourth-order valence-electron chi connectivity index (χ4n) is 1.90. The van der Waals surface area contributed by atoms with Crippen molar-refractivity contribution < 1.29 is 14.3 Å². The van der Waals surface area contributed by atoms with Crippen LogP contribution in [0.15, 0.2) is 30.3 Å². The van der Waals surface area contributed by atoms with E-state index in [0.29, 0.717) is 12.8 Å². The summed E-state index contributed by atoms with van der Waals surface area (Å²) < 4.78 is 4.58. The molecule has 0 aliphatic rings. The third-order valence-electron chi connectivity index (χ3n) is 3.35. The Morgan fingerprint density at radius 3 is 2.45 bits per heavy atom. The fourth-order valence-corrected chi connectivity index (χ4v) is 1.90. The molecule has 110 valence electrons. The molecule has 3 N–H and O–H groups in total. The van der Waals surface area contributed by atoms with E-state index in [1.807, 2.05) is 37.3 Å². The molecule has 1 aromatic rings. The molecule has 2 atom stereocenters. The number of nitrogens with two attached hydrogens (primary N) is 1. The van der Waals surface area contributed by atoms with Crippen LogP contribution in [0.3, 0.4) is 0 Å². The molecule has 0 spiro atoms. The van der Waals surface area contributed by atoms with Crippen molar-refractivity contribution in [3.8, 4) is 0 Å². The molecular formula is C15H22N2O3. The van der Waals surface area contributed by atoms with E-state index in [0.717, 1.165) is 5.56 Å². The first-order chi connectivity index (χ1) is 9.42. The molecule has 0 heterocycles. The average Bonchev–Trinajstić information content (AvgIpc) is 2.47. The van der Waals surface area contributed by atoms with Gasteiger partial charge < -0.3 is 15.8 Å². The molecule has 0 bridgehead atoms. The topological polar surface area (TPSA) is 81.4 Å². The second-order valence-electron chi connectivity index (χ2n) is 4.89. The van der Waals surface area contributed by atoms with Crippen LogP contribution in [0, 0.1) is 0 Å². The fraction of sp³-hybridized carbons (Fsp3) is 0.467. The van der Waals surface area contributed by atoms with Gasteiger partial charge in [0.1, 0.15) is 6.04 Å². The molecule has 0 aliphatic heterocycles. The van der Waals surface area contributed by atoms with Crippen LogP contribution >= 0.6 is 0 Å². The summed E-state index contributed by atoms with van der Waals surface area (Å²) in [4.78, 5) is 23.6. The molecule has 0 radical (unpaired) electrons. The predicted molar refractivity (Wildman–Crippen MR) is 77.0 cm³/mol. The number of carbonyl (C=O) groups is 2. The normalized spacial score (nSPS) is 15.0. The minimum atomic E-state index is -1.04. The van der Waals surface area contributed by atoms with Crippen molar-refractivity contribution in [3.05, 3.63) is 35.9 Å². The van der Waals surface area contributed by atoms with Gasteiger partial charge in [-0.25, -0.2) is 4.79 Å². The SMILES string of the molecule is CC[C@@](N)(Cc1ccccc1)C(=O)N[C@H](C)C(=O)OC. The second kappa shape index (κ2) is 7.05. The number of methoxy groups -OCH3 is 1. The highest BCUT2D eigenvalue weighted by Gasteiger charge is 2.34. The summed E-state index contributed by atoms with van der Waals surface area (Å²) >= 11 is 0. The molecule has 20 heavy (non-hydrogen) atoms. The lowest BCUT2D eigenvalue weighted by atomic mass is 9.88. The molecule has 0 unspecified atom stereocenters. The standard InChI is InChI=1S/C15H22N2O3/c1-4-15(16,10-12-8-6-5-7-9-12)14(19)17-11(2)13(18)20-3/h5-9,11H,4,10,16H2,1-3H3,(H,17,19)/t11-,15-/m1/s1. The molecule has 1 amide bonds.